The van der Waals surface area contributed by atoms with Crippen LogP contribution in [0.1, 0.15) is 18.9 Å². The standard InChI is InChI=1S/C18H19N3O/c1-2-21(16-9-4-3-5-10-16)13-12-18(22)20-17-11-7-6-8-15(17)14-19/h3-11H,2,12-13H2,1H3,(H,20,22). The van der Waals surface area contributed by atoms with Crippen molar-refractivity contribution in [2.45, 2.75) is 13.3 Å². The van der Waals surface area contributed by atoms with E-state index in [9.17, 15) is 4.79 Å². The number of carbonyl (C=O) groups is 1. The average molecular weight is 293 g/mol. The first-order chi connectivity index (χ1) is 10.7. The molecular formula is C18H19N3O. The predicted octanol–water partition coefficient (Wildman–Crippen LogP) is 3.41. The number of benzene rings is 2. The fourth-order valence-corrected chi connectivity index (χ4v) is 2.25. The number of hydrogen-bond acceptors (Lipinski definition) is 3. The van der Waals surface area contributed by atoms with Gasteiger partial charge in [-0.2, -0.15) is 5.26 Å². The lowest BCUT2D eigenvalue weighted by Crippen LogP contribution is -2.27. The maximum absolute atomic E-state index is 12.1. The van der Waals surface area contributed by atoms with Crippen molar-refractivity contribution in [1.82, 2.24) is 0 Å². The van der Waals surface area contributed by atoms with Gasteiger partial charge < -0.3 is 10.2 Å². The van der Waals surface area contributed by atoms with Crippen LogP contribution in [0.4, 0.5) is 11.4 Å². The van der Waals surface area contributed by atoms with Crippen molar-refractivity contribution in [2.75, 3.05) is 23.3 Å². The minimum atomic E-state index is -0.0860. The molecule has 0 aliphatic carbocycles. The van der Waals surface area contributed by atoms with Gasteiger partial charge in [-0.05, 0) is 31.2 Å². The third kappa shape index (κ3) is 4.10. The van der Waals surface area contributed by atoms with Crippen LogP contribution in [0.2, 0.25) is 0 Å². The van der Waals surface area contributed by atoms with Gasteiger partial charge in [0.1, 0.15) is 6.07 Å². The smallest absolute Gasteiger partial charge is 0.226 e. The lowest BCUT2D eigenvalue weighted by atomic mass is 10.2. The molecule has 0 aliphatic rings. The third-order valence-electron chi connectivity index (χ3n) is 3.43. The van der Waals surface area contributed by atoms with Gasteiger partial charge in [0.05, 0.1) is 11.3 Å². The number of nitrogens with one attached hydrogen (secondary N) is 1. The molecule has 0 radical (unpaired) electrons. The molecule has 4 nitrogen and oxygen atoms in total. The Morgan fingerprint density at radius 2 is 1.82 bits per heavy atom. The van der Waals surface area contributed by atoms with E-state index >= 15 is 0 Å². The van der Waals surface area contributed by atoms with E-state index in [2.05, 4.69) is 23.2 Å². The molecule has 2 rings (SSSR count). The molecule has 0 spiro atoms. The number of rotatable bonds is 6. The van der Waals surface area contributed by atoms with E-state index in [0.29, 0.717) is 24.2 Å². The maximum atomic E-state index is 12.1. The topological polar surface area (TPSA) is 56.1 Å². The van der Waals surface area contributed by atoms with Crippen LogP contribution in [-0.2, 0) is 4.79 Å². The fraction of sp³-hybridized carbons (Fsp3) is 0.222. The second kappa shape index (κ2) is 7.84. The molecule has 0 aliphatic heterocycles. The fourth-order valence-electron chi connectivity index (χ4n) is 2.25. The SMILES string of the molecule is CCN(CCC(=O)Nc1ccccc1C#N)c1ccccc1. The molecule has 0 saturated heterocycles. The van der Waals surface area contributed by atoms with E-state index < -0.39 is 0 Å². The molecule has 1 N–H and O–H groups in total. The van der Waals surface area contributed by atoms with Crippen molar-refractivity contribution in [1.29, 1.82) is 5.26 Å². The number of carbonyl (C=O) groups excluding carboxylic acids is 1. The molecule has 0 heterocycles. The molecule has 2 aromatic carbocycles. The van der Waals surface area contributed by atoms with Gasteiger partial charge >= 0.3 is 0 Å². The molecular weight excluding hydrogens is 274 g/mol. The van der Waals surface area contributed by atoms with Crippen molar-refractivity contribution in [3.05, 3.63) is 60.2 Å². The minimum Gasteiger partial charge on any atom is -0.371 e. The quantitative estimate of drug-likeness (QED) is 0.888. The normalized spacial score (nSPS) is 9.82. The van der Waals surface area contributed by atoms with E-state index in [-0.39, 0.29) is 5.91 Å². The van der Waals surface area contributed by atoms with Crippen LogP contribution in [0.5, 0.6) is 0 Å². The molecule has 1 amide bonds. The van der Waals surface area contributed by atoms with E-state index in [1.54, 1.807) is 24.3 Å². The van der Waals surface area contributed by atoms with E-state index in [1.165, 1.54) is 0 Å². The zero-order valence-corrected chi connectivity index (χ0v) is 12.6. The van der Waals surface area contributed by atoms with Gasteiger partial charge in [-0.25, -0.2) is 0 Å². The Balaban J connectivity index is 1.94. The summed E-state index contributed by atoms with van der Waals surface area (Å²) in [5.74, 6) is -0.0860. The van der Waals surface area contributed by atoms with Gasteiger partial charge in [0.15, 0.2) is 0 Å². The molecule has 0 atom stereocenters. The van der Waals surface area contributed by atoms with Gasteiger partial charge in [-0.3, -0.25) is 4.79 Å². The first-order valence-electron chi connectivity index (χ1n) is 7.33. The van der Waals surface area contributed by atoms with Crippen LogP contribution >= 0.6 is 0 Å². The Bertz CT molecular complexity index is 662. The Kier molecular flexibility index (Phi) is 5.56. The highest BCUT2D eigenvalue weighted by Crippen LogP contribution is 2.15. The van der Waals surface area contributed by atoms with Crippen molar-refractivity contribution in [3.8, 4) is 6.07 Å². The van der Waals surface area contributed by atoms with Gasteiger partial charge in [0.2, 0.25) is 5.91 Å². The molecule has 0 aromatic heterocycles. The van der Waals surface area contributed by atoms with Crippen LogP contribution in [-0.4, -0.2) is 19.0 Å². The number of para-hydroxylation sites is 2. The zero-order chi connectivity index (χ0) is 15.8. The largest absolute Gasteiger partial charge is 0.371 e. The summed E-state index contributed by atoms with van der Waals surface area (Å²) in [4.78, 5) is 14.2. The number of nitriles is 1. The lowest BCUT2D eigenvalue weighted by molar-refractivity contribution is -0.116. The summed E-state index contributed by atoms with van der Waals surface area (Å²) in [5.41, 5.74) is 2.15. The Hall–Kier alpha value is -2.80. The molecule has 4 heteroatoms. The van der Waals surface area contributed by atoms with Crippen molar-refractivity contribution in [3.63, 3.8) is 0 Å². The van der Waals surface area contributed by atoms with Crippen LogP contribution < -0.4 is 10.2 Å². The summed E-state index contributed by atoms with van der Waals surface area (Å²) in [6.07, 6.45) is 0.377. The molecule has 112 valence electrons. The molecule has 22 heavy (non-hydrogen) atoms. The maximum Gasteiger partial charge on any atom is 0.226 e. The highest BCUT2D eigenvalue weighted by Gasteiger charge is 2.09. The molecule has 0 fully saturated rings. The lowest BCUT2D eigenvalue weighted by Gasteiger charge is -2.22. The highest BCUT2D eigenvalue weighted by atomic mass is 16.1. The number of anilines is 2. The summed E-state index contributed by atoms with van der Waals surface area (Å²) < 4.78 is 0. The molecule has 0 bridgehead atoms. The first-order valence-corrected chi connectivity index (χ1v) is 7.33. The Morgan fingerprint density at radius 3 is 2.50 bits per heavy atom. The number of nitrogens with zero attached hydrogens (tertiary/aromatic N) is 2. The Labute approximate surface area is 131 Å². The van der Waals surface area contributed by atoms with Gasteiger partial charge in [0.25, 0.3) is 0 Å². The van der Waals surface area contributed by atoms with Crippen LogP contribution in [0.15, 0.2) is 54.6 Å². The van der Waals surface area contributed by atoms with Crippen LogP contribution in [0.3, 0.4) is 0 Å². The summed E-state index contributed by atoms with van der Waals surface area (Å²) in [5, 5.41) is 11.8. The summed E-state index contributed by atoms with van der Waals surface area (Å²) in [6.45, 7) is 3.54. The average Bonchev–Trinajstić information content (AvgIpc) is 2.57. The summed E-state index contributed by atoms with van der Waals surface area (Å²) in [7, 11) is 0. The zero-order valence-electron chi connectivity index (χ0n) is 12.6. The Morgan fingerprint density at radius 1 is 1.14 bits per heavy atom. The van der Waals surface area contributed by atoms with E-state index in [1.807, 2.05) is 30.3 Å². The first kappa shape index (κ1) is 15.6. The van der Waals surface area contributed by atoms with E-state index in [4.69, 9.17) is 5.26 Å². The monoisotopic (exact) mass is 293 g/mol. The number of amides is 1. The molecule has 0 unspecified atom stereocenters. The van der Waals surface area contributed by atoms with Crippen LogP contribution in [0.25, 0.3) is 0 Å². The second-order valence-corrected chi connectivity index (χ2v) is 4.87. The summed E-state index contributed by atoms with van der Waals surface area (Å²) in [6, 6.07) is 19.1. The summed E-state index contributed by atoms with van der Waals surface area (Å²) >= 11 is 0. The van der Waals surface area contributed by atoms with Crippen molar-refractivity contribution in [2.24, 2.45) is 0 Å². The van der Waals surface area contributed by atoms with Crippen LogP contribution in [0, 0.1) is 11.3 Å². The minimum absolute atomic E-state index is 0.0860. The van der Waals surface area contributed by atoms with E-state index in [0.717, 1.165) is 12.2 Å². The highest BCUT2D eigenvalue weighted by molar-refractivity contribution is 5.92. The second-order valence-electron chi connectivity index (χ2n) is 4.87. The van der Waals surface area contributed by atoms with Crippen molar-refractivity contribution >= 4 is 17.3 Å². The molecule has 2 aromatic rings. The van der Waals surface area contributed by atoms with Crippen molar-refractivity contribution < 1.29 is 4.79 Å². The predicted molar refractivity (Wildman–Crippen MR) is 88.7 cm³/mol. The van der Waals surface area contributed by atoms with Gasteiger partial charge in [-0.1, -0.05) is 30.3 Å². The van der Waals surface area contributed by atoms with Gasteiger partial charge in [-0.15, -0.1) is 0 Å². The number of hydrogen-bond donors (Lipinski definition) is 1. The third-order valence-corrected chi connectivity index (χ3v) is 3.43. The van der Waals surface area contributed by atoms with Gasteiger partial charge in [0, 0.05) is 25.2 Å². The molecule has 0 saturated carbocycles.